The number of nitrogens with one attached hydrogen (secondary N) is 1. The fourth-order valence-electron chi connectivity index (χ4n) is 2.32. The molecule has 0 aromatic carbocycles. The second-order valence-electron chi connectivity index (χ2n) is 5.09. The van der Waals surface area contributed by atoms with Gasteiger partial charge in [-0.2, -0.15) is 4.72 Å². The molecule has 2 N–H and O–H groups in total. The molecule has 0 aliphatic carbocycles. The van der Waals surface area contributed by atoms with Crippen molar-refractivity contribution in [2.24, 2.45) is 5.92 Å². The van der Waals surface area contributed by atoms with Gasteiger partial charge >= 0.3 is 5.97 Å². The number of sulfonamides is 1. The van der Waals surface area contributed by atoms with Crippen LogP contribution in [0.5, 0.6) is 0 Å². The molecule has 0 bridgehead atoms. The fourth-order valence-corrected chi connectivity index (χ4v) is 3.78. The zero-order valence-electron chi connectivity index (χ0n) is 11.5. The topological polar surface area (TPSA) is 101 Å². The first-order chi connectivity index (χ1) is 9.36. The quantitative estimate of drug-likeness (QED) is 0.801. The zero-order chi connectivity index (χ0) is 14.9. The Labute approximate surface area is 118 Å². The largest absolute Gasteiger partial charge is 0.480 e. The first-order valence-corrected chi connectivity index (χ1v) is 8.14. The molecule has 1 aliphatic rings. The average Bonchev–Trinajstić information content (AvgIpc) is 2.96. The molecule has 2 atom stereocenters. The summed E-state index contributed by atoms with van der Waals surface area (Å²) in [6.07, 6.45) is 3.49. The molecule has 7 nitrogen and oxygen atoms in total. The van der Waals surface area contributed by atoms with Gasteiger partial charge in [0.25, 0.3) is 10.0 Å². The van der Waals surface area contributed by atoms with Crippen LogP contribution >= 0.6 is 0 Å². The van der Waals surface area contributed by atoms with Gasteiger partial charge in [0, 0.05) is 13.0 Å². The van der Waals surface area contributed by atoms with Crippen LogP contribution in [0.3, 0.4) is 0 Å². The van der Waals surface area contributed by atoms with Crippen LogP contribution in [0.1, 0.15) is 32.5 Å². The van der Waals surface area contributed by atoms with Gasteiger partial charge in [-0.1, -0.05) is 20.3 Å². The van der Waals surface area contributed by atoms with Gasteiger partial charge in [0.05, 0.1) is 6.20 Å². The van der Waals surface area contributed by atoms with E-state index >= 15 is 0 Å². The summed E-state index contributed by atoms with van der Waals surface area (Å²) in [5.41, 5.74) is 0. The number of aliphatic carboxylic acids is 1. The molecular formula is C12H19N3O4S. The lowest BCUT2D eigenvalue weighted by molar-refractivity contribution is -0.140. The Bertz CT molecular complexity index is 608. The van der Waals surface area contributed by atoms with Crippen LogP contribution in [0.25, 0.3) is 0 Å². The monoisotopic (exact) mass is 301 g/mol. The van der Waals surface area contributed by atoms with E-state index in [1.165, 1.54) is 6.20 Å². The van der Waals surface area contributed by atoms with Gasteiger partial charge in [-0.05, 0) is 12.3 Å². The summed E-state index contributed by atoms with van der Waals surface area (Å²) in [6, 6.07) is -1.13. The Morgan fingerprint density at radius 2 is 2.30 bits per heavy atom. The maximum atomic E-state index is 12.4. The van der Waals surface area contributed by atoms with Crippen LogP contribution in [0.4, 0.5) is 0 Å². The molecule has 0 saturated heterocycles. The van der Waals surface area contributed by atoms with Crippen molar-refractivity contribution in [1.29, 1.82) is 0 Å². The Hall–Kier alpha value is -1.41. The molecule has 8 heteroatoms. The molecule has 20 heavy (non-hydrogen) atoms. The number of aromatic nitrogens is 2. The zero-order valence-corrected chi connectivity index (χ0v) is 12.4. The normalized spacial score (nSPS) is 17.7. The van der Waals surface area contributed by atoms with Crippen LogP contribution in [0.2, 0.25) is 0 Å². The smallest absolute Gasteiger partial charge is 0.322 e. The maximum absolute atomic E-state index is 12.4. The Kier molecular flexibility index (Phi) is 4.14. The standard InChI is InChI=1S/C12H19N3O4S/c1-3-8(2)11(12(16)17)14-20(18,19)10-7-13-9-5-4-6-15(9)10/h7-8,11,14H,3-6H2,1-2H3,(H,16,17)/t8-,11-/m0/s1. The number of carboxylic acid groups (broad SMARTS) is 1. The fraction of sp³-hybridized carbons (Fsp3) is 0.667. The number of aryl methyl sites for hydroxylation is 1. The van der Waals surface area contributed by atoms with Crippen LogP contribution in [0, 0.1) is 5.92 Å². The summed E-state index contributed by atoms with van der Waals surface area (Å²) in [4.78, 5) is 15.3. The number of carbonyl (C=O) groups is 1. The number of imidazole rings is 1. The summed E-state index contributed by atoms with van der Waals surface area (Å²) in [5, 5.41) is 9.23. The number of hydrogen-bond acceptors (Lipinski definition) is 4. The molecule has 0 spiro atoms. The summed E-state index contributed by atoms with van der Waals surface area (Å²) < 4.78 is 28.6. The van der Waals surface area contributed by atoms with Gasteiger partial charge in [0.2, 0.25) is 0 Å². The van der Waals surface area contributed by atoms with Crippen molar-refractivity contribution in [3.63, 3.8) is 0 Å². The second-order valence-corrected chi connectivity index (χ2v) is 6.75. The molecule has 1 aromatic heterocycles. The molecule has 2 heterocycles. The van der Waals surface area contributed by atoms with Gasteiger partial charge in [-0.25, -0.2) is 13.4 Å². The first-order valence-electron chi connectivity index (χ1n) is 6.66. The number of nitrogens with zero attached hydrogens (tertiary/aromatic N) is 2. The van der Waals surface area contributed by atoms with Crippen LogP contribution in [-0.2, 0) is 27.8 Å². The van der Waals surface area contributed by atoms with E-state index < -0.39 is 22.0 Å². The second kappa shape index (κ2) is 5.53. The molecule has 112 valence electrons. The van der Waals surface area contributed by atoms with Crippen molar-refractivity contribution in [3.8, 4) is 0 Å². The Morgan fingerprint density at radius 3 is 2.90 bits per heavy atom. The van der Waals surface area contributed by atoms with Crippen molar-refractivity contribution in [1.82, 2.24) is 14.3 Å². The molecule has 0 fully saturated rings. The predicted octanol–water partition coefficient (Wildman–Crippen LogP) is 0.607. The molecule has 0 saturated carbocycles. The molecule has 0 unspecified atom stereocenters. The molecule has 0 amide bonds. The molecule has 0 radical (unpaired) electrons. The lowest BCUT2D eigenvalue weighted by atomic mass is 10.0. The van der Waals surface area contributed by atoms with Gasteiger partial charge in [0.1, 0.15) is 11.9 Å². The van der Waals surface area contributed by atoms with E-state index in [2.05, 4.69) is 9.71 Å². The summed E-state index contributed by atoms with van der Waals surface area (Å²) >= 11 is 0. The molecule has 2 rings (SSSR count). The van der Waals surface area contributed by atoms with Crippen molar-refractivity contribution < 1.29 is 18.3 Å². The van der Waals surface area contributed by atoms with E-state index in [1.807, 2.05) is 6.92 Å². The highest BCUT2D eigenvalue weighted by molar-refractivity contribution is 7.89. The van der Waals surface area contributed by atoms with Crippen molar-refractivity contribution in [2.75, 3.05) is 0 Å². The maximum Gasteiger partial charge on any atom is 0.322 e. The van der Waals surface area contributed by atoms with Gasteiger partial charge in [-0.15, -0.1) is 0 Å². The number of carboxylic acids is 1. The van der Waals surface area contributed by atoms with Gasteiger partial charge in [0.15, 0.2) is 5.03 Å². The summed E-state index contributed by atoms with van der Waals surface area (Å²) in [6.45, 7) is 4.14. The van der Waals surface area contributed by atoms with Crippen LogP contribution in [-0.4, -0.2) is 35.1 Å². The predicted molar refractivity (Wildman–Crippen MR) is 71.7 cm³/mol. The lowest BCUT2D eigenvalue weighted by Gasteiger charge is -2.20. The van der Waals surface area contributed by atoms with Crippen molar-refractivity contribution >= 4 is 16.0 Å². The minimum atomic E-state index is -3.87. The van der Waals surface area contributed by atoms with Gasteiger partial charge in [-0.3, -0.25) is 4.79 Å². The van der Waals surface area contributed by atoms with Crippen molar-refractivity contribution in [3.05, 3.63) is 12.0 Å². The van der Waals surface area contributed by atoms with Crippen LogP contribution in [0.15, 0.2) is 11.2 Å². The summed E-state index contributed by atoms with van der Waals surface area (Å²) in [5.74, 6) is -0.715. The highest BCUT2D eigenvalue weighted by Crippen LogP contribution is 2.21. The Morgan fingerprint density at radius 1 is 1.60 bits per heavy atom. The van der Waals surface area contributed by atoms with Gasteiger partial charge < -0.3 is 9.67 Å². The molecular weight excluding hydrogens is 282 g/mol. The van der Waals surface area contributed by atoms with E-state index in [-0.39, 0.29) is 10.9 Å². The van der Waals surface area contributed by atoms with Crippen molar-refractivity contribution in [2.45, 2.75) is 50.7 Å². The van der Waals surface area contributed by atoms with E-state index in [9.17, 15) is 18.3 Å². The highest BCUT2D eigenvalue weighted by Gasteiger charge is 2.32. The Balaban J connectivity index is 2.28. The van der Waals surface area contributed by atoms with E-state index in [4.69, 9.17) is 0 Å². The van der Waals surface area contributed by atoms with E-state index in [0.717, 1.165) is 18.7 Å². The average molecular weight is 301 g/mol. The SMILES string of the molecule is CC[C@H](C)[C@H](NS(=O)(=O)c1cnc2n1CCC2)C(=O)O. The highest BCUT2D eigenvalue weighted by atomic mass is 32.2. The summed E-state index contributed by atoms with van der Waals surface area (Å²) in [7, 11) is -3.87. The number of rotatable bonds is 6. The lowest BCUT2D eigenvalue weighted by Crippen LogP contribution is -2.45. The van der Waals surface area contributed by atoms with E-state index in [1.54, 1.807) is 11.5 Å². The number of fused-ring (bicyclic) bond motifs is 1. The number of hydrogen-bond donors (Lipinski definition) is 2. The first kappa shape index (κ1) is 15.0. The molecule has 1 aliphatic heterocycles. The molecule has 1 aromatic rings. The third kappa shape index (κ3) is 2.71. The van der Waals surface area contributed by atoms with E-state index in [0.29, 0.717) is 13.0 Å². The minimum absolute atomic E-state index is 0.0551. The third-order valence-electron chi connectivity index (χ3n) is 3.72. The third-order valence-corrected chi connectivity index (χ3v) is 5.16. The minimum Gasteiger partial charge on any atom is -0.480 e. The van der Waals surface area contributed by atoms with Crippen LogP contribution < -0.4 is 4.72 Å².